The number of hydrogen-bond donors (Lipinski definition) is 0. The second-order valence-electron chi connectivity index (χ2n) is 8.50. The largest absolute Gasteiger partial charge is 0.341 e. The molecule has 2 aliphatic heterocycles. The first-order chi connectivity index (χ1) is 15.6. The second kappa shape index (κ2) is 8.53. The van der Waals surface area contributed by atoms with Gasteiger partial charge in [-0.2, -0.15) is 0 Å². The van der Waals surface area contributed by atoms with E-state index >= 15 is 0 Å². The average Bonchev–Trinajstić information content (AvgIpc) is 2.85. The highest BCUT2D eigenvalue weighted by Gasteiger charge is 2.32. The molecule has 1 unspecified atom stereocenters. The third-order valence-electron chi connectivity index (χ3n) is 6.45. The first kappa shape index (κ1) is 20.4. The van der Waals surface area contributed by atoms with E-state index in [-0.39, 0.29) is 17.4 Å². The lowest BCUT2D eigenvalue weighted by atomic mass is 9.94. The molecule has 0 bridgehead atoms. The molecule has 0 radical (unpaired) electrons. The molecule has 1 fully saturated rings. The molecule has 164 valence electrons. The summed E-state index contributed by atoms with van der Waals surface area (Å²) in [5.74, 6) is 0.669. The maximum absolute atomic E-state index is 13.4. The van der Waals surface area contributed by atoms with E-state index in [1.807, 2.05) is 11.0 Å². The Morgan fingerprint density at radius 1 is 1.09 bits per heavy atom. The van der Waals surface area contributed by atoms with Gasteiger partial charge in [-0.25, -0.2) is 15.0 Å². The van der Waals surface area contributed by atoms with Crippen molar-refractivity contribution in [2.75, 3.05) is 24.5 Å². The molecule has 1 amide bonds. The quantitative estimate of drug-likeness (QED) is 0.632. The van der Waals surface area contributed by atoms with Crippen LogP contribution in [0.2, 0.25) is 0 Å². The van der Waals surface area contributed by atoms with Crippen LogP contribution < -0.4 is 10.5 Å². The van der Waals surface area contributed by atoms with Gasteiger partial charge in [0.2, 0.25) is 11.9 Å². The predicted octanol–water partition coefficient (Wildman–Crippen LogP) is 2.04. The maximum atomic E-state index is 13.4. The van der Waals surface area contributed by atoms with Gasteiger partial charge in [0.05, 0.1) is 17.3 Å². The van der Waals surface area contributed by atoms with Crippen LogP contribution in [0.4, 0.5) is 5.95 Å². The highest BCUT2D eigenvalue weighted by atomic mass is 16.2. The number of fused-ring (bicyclic) bond motifs is 1. The van der Waals surface area contributed by atoms with Crippen molar-refractivity contribution in [3.8, 4) is 11.4 Å². The van der Waals surface area contributed by atoms with Gasteiger partial charge in [0.1, 0.15) is 6.33 Å². The van der Waals surface area contributed by atoms with Gasteiger partial charge >= 0.3 is 0 Å². The van der Waals surface area contributed by atoms with E-state index in [1.54, 1.807) is 23.9 Å². The molecule has 2 aromatic heterocycles. The van der Waals surface area contributed by atoms with Gasteiger partial charge in [0.25, 0.3) is 5.56 Å². The summed E-state index contributed by atoms with van der Waals surface area (Å²) < 4.78 is 1.55. The first-order valence-corrected chi connectivity index (χ1v) is 11.0. The summed E-state index contributed by atoms with van der Waals surface area (Å²) in [7, 11) is 1.72. The molecule has 5 rings (SSSR count). The van der Waals surface area contributed by atoms with Gasteiger partial charge in [-0.1, -0.05) is 24.3 Å². The number of rotatable bonds is 3. The lowest BCUT2D eigenvalue weighted by Gasteiger charge is -2.37. The molecular weight excluding hydrogens is 404 g/mol. The summed E-state index contributed by atoms with van der Waals surface area (Å²) >= 11 is 0. The molecule has 8 nitrogen and oxygen atoms in total. The highest BCUT2D eigenvalue weighted by molar-refractivity contribution is 5.80. The molecular formula is C24H26N6O2. The summed E-state index contributed by atoms with van der Waals surface area (Å²) in [6.07, 6.45) is 5.71. The molecule has 4 heterocycles. The number of aromatic nitrogens is 4. The van der Waals surface area contributed by atoms with Gasteiger partial charge in [-0.05, 0) is 36.5 Å². The molecule has 1 atom stereocenters. The van der Waals surface area contributed by atoms with Crippen molar-refractivity contribution < 1.29 is 4.79 Å². The summed E-state index contributed by atoms with van der Waals surface area (Å²) in [5, 5.41) is 0. The topological polar surface area (TPSA) is 84.2 Å². The molecule has 0 aliphatic carbocycles. The van der Waals surface area contributed by atoms with Crippen molar-refractivity contribution in [3.05, 3.63) is 70.4 Å². The van der Waals surface area contributed by atoms with Crippen LogP contribution in [0.3, 0.4) is 0 Å². The highest BCUT2D eigenvalue weighted by Crippen LogP contribution is 2.26. The molecule has 3 aromatic rings. The van der Waals surface area contributed by atoms with Crippen molar-refractivity contribution in [1.29, 1.82) is 0 Å². The zero-order valence-corrected chi connectivity index (χ0v) is 18.1. The Balaban J connectivity index is 1.37. The van der Waals surface area contributed by atoms with Gasteiger partial charge in [0.15, 0.2) is 0 Å². The number of piperidine rings is 1. The molecule has 0 saturated carbocycles. The van der Waals surface area contributed by atoms with E-state index < -0.39 is 0 Å². The van der Waals surface area contributed by atoms with Crippen LogP contribution in [0, 0.1) is 5.92 Å². The Hall–Kier alpha value is -3.55. The Labute approximate surface area is 186 Å². The second-order valence-corrected chi connectivity index (χ2v) is 8.50. The molecule has 2 aliphatic rings. The molecule has 1 aromatic carbocycles. The molecule has 32 heavy (non-hydrogen) atoms. The summed E-state index contributed by atoms with van der Waals surface area (Å²) in [4.78, 5) is 43.0. The van der Waals surface area contributed by atoms with Gasteiger partial charge in [-0.15, -0.1) is 0 Å². The zero-order chi connectivity index (χ0) is 22.1. The molecule has 8 heteroatoms. The van der Waals surface area contributed by atoms with E-state index in [0.29, 0.717) is 30.4 Å². The zero-order valence-electron chi connectivity index (χ0n) is 18.1. The van der Waals surface area contributed by atoms with Gasteiger partial charge in [0, 0.05) is 45.5 Å². The van der Waals surface area contributed by atoms with Crippen LogP contribution in [-0.2, 0) is 24.8 Å². The molecule has 1 saturated heterocycles. The predicted molar refractivity (Wildman–Crippen MR) is 121 cm³/mol. The summed E-state index contributed by atoms with van der Waals surface area (Å²) in [6, 6.07) is 11.6. The number of nitrogens with zero attached hydrogens (tertiary/aromatic N) is 6. The Morgan fingerprint density at radius 2 is 1.94 bits per heavy atom. The molecule has 0 N–H and O–H groups in total. The van der Waals surface area contributed by atoms with E-state index in [1.165, 1.54) is 23.5 Å². The minimum atomic E-state index is -0.148. The Morgan fingerprint density at radius 3 is 2.75 bits per heavy atom. The van der Waals surface area contributed by atoms with Gasteiger partial charge in [-0.3, -0.25) is 14.2 Å². The first-order valence-electron chi connectivity index (χ1n) is 11.0. The standard InChI is InChI=1S/C24H26N6O2/c1-28-22(31)13-21(20-8-10-25-16-26-20)27-24(28)30-11-4-7-19(15-30)23(32)29-12-9-17-5-2-3-6-18(17)14-29/h2-3,5-6,8,10,13,16,19H,4,7,9,11-12,14-15H2,1H3. The van der Waals surface area contributed by atoms with Crippen molar-refractivity contribution in [2.24, 2.45) is 13.0 Å². The van der Waals surface area contributed by atoms with Crippen LogP contribution in [0.1, 0.15) is 24.0 Å². The number of hydrogen-bond acceptors (Lipinski definition) is 6. The smallest absolute Gasteiger partial charge is 0.255 e. The minimum Gasteiger partial charge on any atom is -0.341 e. The lowest BCUT2D eigenvalue weighted by Crippen LogP contribution is -2.47. The Kier molecular flexibility index (Phi) is 5.43. The Bertz CT molecular complexity index is 1190. The van der Waals surface area contributed by atoms with Gasteiger partial charge < -0.3 is 9.80 Å². The third-order valence-corrected chi connectivity index (χ3v) is 6.45. The fourth-order valence-corrected chi connectivity index (χ4v) is 4.69. The van der Waals surface area contributed by atoms with Crippen molar-refractivity contribution >= 4 is 11.9 Å². The molecule has 0 spiro atoms. The fourth-order valence-electron chi connectivity index (χ4n) is 4.69. The van der Waals surface area contributed by atoms with Crippen molar-refractivity contribution in [2.45, 2.75) is 25.8 Å². The summed E-state index contributed by atoms with van der Waals surface area (Å²) in [6.45, 7) is 2.75. The number of carbonyl (C=O) groups is 1. The van der Waals surface area contributed by atoms with Crippen LogP contribution in [0.5, 0.6) is 0 Å². The van der Waals surface area contributed by atoms with E-state index in [9.17, 15) is 9.59 Å². The fraction of sp³-hybridized carbons (Fsp3) is 0.375. The number of amides is 1. The van der Waals surface area contributed by atoms with Crippen molar-refractivity contribution in [3.63, 3.8) is 0 Å². The minimum absolute atomic E-state index is 0.103. The SMILES string of the molecule is Cn1c(N2CCCC(C(=O)N3CCc4ccccc4C3)C2)nc(-c2ccncn2)cc1=O. The third kappa shape index (κ3) is 3.88. The number of carbonyl (C=O) groups excluding carboxylic acids is 1. The van der Waals surface area contributed by atoms with Crippen LogP contribution in [0.15, 0.2) is 53.7 Å². The van der Waals surface area contributed by atoms with Crippen LogP contribution in [-0.4, -0.2) is 50.0 Å². The monoisotopic (exact) mass is 430 g/mol. The lowest BCUT2D eigenvalue weighted by molar-refractivity contribution is -0.136. The summed E-state index contributed by atoms with van der Waals surface area (Å²) in [5.41, 5.74) is 3.55. The van der Waals surface area contributed by atoms with E-state index in [0.717, 1.165) is 32.4 Å². The normalized spacial score (nSPS) is 18.3. The average molecular weight is 431 g/mol. The van der Waals surface area contributed by atoms with Crippen LogP contribution >= 0.6 is 0 Å². The van der Waals surface area contributed by atoms with Crippen molar-refractivity contribution in [1.82, 2.24) is 24.4 Å². The van der Waals surface area contributed by atoms with E-state index in [4.69, 9.17) is 4.98 Å². The number of benzene rings is 1. The maximum Gasteiger partial charge on any atom is 0.255 e. The number of anilines is 1. The van der Waals surface area contributed by atoms with Crippen LogP contribution in [0.25, 0.3) is 11.4 Å². The van der Waals surface area contributed by atoms with E-state index in [2.05, 4.69) is 33.1 Å².